The Morgan fingerprint density at radius 1 is 1.12 bits per heavy atom. The Hall–Kier alpha value is -1.70. The summed E-state index contributed by atoms with van der Waals surface area (Å²) in [5.74, 6) is 0.0173. The smallest absolute Gasteiger partial charge is 0.240 e. The Bertz CT molecular complexity index is 795. The van der Waals surface area contributed by atoms with E-state index in [-0.39, 0.29) is 16.8 Å². The van der Waals surface area contributed by atoms with Crippen LogP contribution in [0.2, 0.25) is 0 Å². The Morgan fingerprint density at radius 2 is 1.88 bits per heavy atom. The molecule has 134 valence electrons. The van der Waals surface area contributed by atoms with Crippen LogP contribution in [0.4, 0.5) is 0 Å². The van der Waals surface area contributed by atoms with E-state index in [0.29, 0.717) is 19.4 Å². The highest BCUT2D eigenvalue weighted by atomic mass is 32.2. The van der Waals surface area contributed by atoms with Crippen molar-refractivity contribution in [1.29, 1.82) is 0 Å². The SMILES string of the molecule is O=C(CCc1ccc(S(=O)(=O)NC2CC2)cc1)NCCc1cccs1. The first-order valence-electron chi connectivity index (χ1n) is 8.43. The molecule has 0 spiro atoms. The lowest BCUT2D eigenvalue weighted by Crippen LogP contribution is -2.26. The maximum Gasteiger partial charge on any atom is 0.240 e. The third-order valence-corrected chi connectivity index (χ3v) is 6.52. The molecule has 25 heavy (non-hydrogen) atoms. The first-order valence-corrected chi connectivity index (χ1v) is 10.8. The van der Waals surface area contributed by atoms with Gasteiger partial charge >= 0.3 is 0 Å². The van der Waals surface area contributed by atoms with E-state index in [1.807, 2.05) is 11.4 Å². The molecule has 2 aromatic rings. The molecule has 0 aliphatic heterocycles. The highest BCUT2D eigenvalue weighted by molar-refractivity contribution is 7.89. The summed E-state index contributed by atoms with van der Waals surface area (Å²) in [5, 5.41) is 4.95. The molecule has 0 saturated heterocycles. The van der Waals surface area contributed by atoms with Gasteiger partial charge in [0, 0.05) is 23.9 Å². The zero-order chi connectivity index (χ0) is 17.7. The highest BCUT2D eigenvalue weighted by Crippen LogP contribution is 2.22. The van der Waals surface area contributed by atoms with E-state index >= 15 is 0 Å². The van der Waals surface area contributed by atoms with Crippen molar-refractivity contribution in [2.24, 2.45) is 0 Å². The largest absolute Gasteiger partial charge is 0.356 e. The molecule has 1 aliphatic carbocycles. The monoisotopic (exact) mass is 378 g/mol. The van der Waals surface area contributed by atoms with Crippen molar-refractivity contribution < 1.29 is 13.2 Å². The van der Waals surface area contributed by atoms with Crippen molar-refractivity contribution in [3.63, 3.8) is 0 Å². The average Bonchev–Trinajstić information content (AvgIpc) is 3.23. The van der Waals surface area contributed by atoms with Crippen molar-refractivity contribution in [1.82, 2.24) is 10.0 Å². The lowest BCUT2D eigenvalue weighted by atomic mass is 10.1. The number of carbonyl (C=O) groups excluding carboxylic acids is 1. The summed E-state index contributed by atoms with van der Waals surface area (Å²) in [4.78, 5) is 13.4. The van der Waals surface area contributed by atoms with Gasteiger partial charge in [0.1, 0.15) is 0 Å². The van der Waals surface area contributed by atoms with Crippen molar-refractivity contribution >= 4 is 27.3 Å². The summed E-state index contributed by atoms with van der Waals surface area (Å²) in [5.41, 5.74) is 0.957. The number of hydrogen-bond donors (Lipinski definition) is 2. The van der Waals surface area contributed by atoms with Crippen molar-refractivity contribution in [3.05, 3.63) is 52.2 Å². The molecule has 1 fully saturated rings. The molecule has 0 bridgehead atoms. The lowest BCUT2D eigenvalue weighted by Gasteiger charge is -2.07. The molecule has 1 saturated carbocycles. The van der Waals surface area contributed by atoms with Crippen molar-refractivity contribution in [2.45, 2.75) is 43.0 Å². The number of carbonyl (C=O) groups is 1. The molecule has 7 heteroatoms. The minimum Gasteiger partial charge on any atom is -0.356 e. The van der Waals surface area contributed by atoms with Gasteiger partial charge in [0.05, 0.1) is 4.90 Å². The van der Waals surface area contributed by atoms with Crippen LogP contribution in [0.1, 0.15) is 29.7 Å². The van der Waals surface area contributed by atoms with Crippen LogP contribution in [0.25, 0.3) is 0 Å². The number of hydrogen-bond acceptors (Lipinski definition) is 4. The lowest BCUT2D eigenvalue weighted by molar-refractivity contribution is -0.121. The molecule has 5 nitrogen and oxygen atoms in total. The molecule has 2 N–H and O–H groups in total. The third-order valence-electron chi connectivity index (χ3n) is 4.05. The Balaban J connectivity index is 1.42. The number of aryl methyl sites for hydroxylation is 1. The Morgan fingerprint density at radius 3 is 2.52 bits per heavy atom. The van der Waals surface area contributed by atoms with Crippen LogP contribution >= 0.6 is 11.3 Å². The second-order valence-corrected chi connectivity index (χ2v) is 8.97. The second kappa shape index (κ2) is 8.12. The van der Waals surface area contributed by atoms with Gasteiger partial charge in [-0.25, -0.2) is 13.1 Å². The van der Waals surface area contributed by atoms with Gasteiger partial charge in [-0.3, -0.25) is 4.79 Å². The fourth-order valence-electron chi connectivity index (χ4n) is 2.45. The molecule has 1 aromatic heterocycles. The number of amides is 1. The maximum atomic E-state index is 12.1. The summed E-state index contributed by atoms with van der Waals surface area (Å²) in [6.45, 7) is 0.642. The summed E-state index contributed by atoms with van der Waals surface area (Å²) in [7, 11) is -3.41. The number of thiophene rings is 1. The van der Waals surface area contributed by atoms with E-state index in [9.17, 15) is 13.2 Å². The van der Waals surface area contributed by atoms with Crippen molar-refractivity contribution in [2.75, 3.05) is 6.54 Å². The number of sulfonamides is 1. The summed E-state index contributed by atoms with van der Waals surface area (Å²) in [6, 6.07) is 10.9. The predicted molar refractivity (Wildman–Crippen MR) is 99.1 cm³/mol. The van der Waals surface area contributed by atoms with E-state index in [4.69, 9.17) is 0 Å². The minimum absolute atomic E-state index is 0.0173. The molecular weight excluding hydrogens is 356 g/mol. The van der Waals surface area contributed by atoms with E-state index < -0.39 is 10.0 Å². The van der Waals surface area contributed by atoms with Gasteiger partial charge < -0.3 is 5.32 Å². The first-order chi connectivity index (χ1) is 12.0. The van der Waals surface area contributed by atoms with Crippen LogP contribution in [0, 0.1) is 0 Å². The normalized spacial score (nSPS) is 14.4. The summed E-state index contributed by atoms with van der Waals surface area (Å²) < 4.78 is 26.9. The maximum absolute atomic E-state index is 12.1. The minimum atomic E-state index is -3.41. The molecule has 1 aliphatic rings. The van der Waals surface area contributed by atoms with Gasteiger partial charge in [0.25, 0.3) is 0 Å². The van der Waals surface area contributed by atoms with Gasteiger partial charge in [-0.2, -0.15) is 0 Å². The molecule has 3 rings (SSSR count). The molecule has 0 atom stereocenters. The Labute approximate surface area is 152 Å². The van der Waals surface area contributed by atoms with Gasteiger partial charge in [0.15, 0.2) is 0 Å². The zero-order valence-electron chi connectivity index (χ0n) is 13.9. The number of rotatable bonds is 9. The zero-order valence-corrected chi connectivity index (χ0v) is 15.5. The standard InChI is InChI=1S/C18H22N2O3S2/c21-18(19-12-11-16-2-1-13-24-16)10-5-14-3-8-17(9-4-14)25(22,23)20-15-6-7-15/h1-4,8-9,13,15,20H,5-7,10-12H2,(H,19,21). The van der Waals surface area contributed by atoms with Crippen molar-refractivity contribution in [3.8, 4) is 0 Å². The topological polar surface area (TPSA) is 75.3 Å². The fraction of sp³-hybridized carbons (Fsp3) is 0.389. The fourth-order valence-corrected chi connectivity index (χ4v) is 4.46. The van der Waals surface area contributed by atoms with E-state index in [0.717, 1.165) is 24.8 Å². The van der Waals surface area contributed by atoms with E-state index in [1.165, 1.54) is 4.88 Å². The second-order valence-electron chi connectivity index (χ2n) is 6.22. The molecule has 0 radical (unpaired) electrons. The molecule has 1 heterocycles. The van der Waals surface area contributed by atoms with Gasteiger partial charge in [-0.15, -0.1) is 11.3 Å². The van der Waals surface area contributed by atoms with Gasteiger partial charge in [0.2, 0.25) is 15.9 Å². The van der Waals surface area contributed by atoms with Crippen LogP contribution in [-0.2, 0) is 27.7 Å². The summed E-state index contributed by atoms with van der Waals surface area (Å²) in [6.07, 6.45) is 3.68. The number of nitrogens with one attached hydrogen (secondary N) is 2. The van der Waals surface area contributed by atoms with Crippen LogP contribution in [0.3, 0.4) is 0 Å². The quantitative estimate of drug-likeness (QED) is 0.704. The third kappa shape index (κ3) is 5.66. The van der Waals surface area contributed by atoms with E-state index in [2.05, 4.69) is 16.1 Å². The van der Waals surface area contributed by atoms with Crippen LogP contribution in [0.15, 0.2) is 46.7 Å². The average molecular weight is 379 g/mol. The molecular formula is C18H22N2O3S2. The van der Waals surface area contributed by atoms with Crippen LogP contribution < -0.4 is 10.0 Å². The van der Waals surface area contributed by atoms with Gasteiger partial charge in [-0.1, -0.05) is 18.2 Å². The number of benzene rings is 1. The predicted octanol–water partition coefficient (Wildman–Crippen LogP) is 2.48. The first kappa shape index (κ1) is 18.1. The van der Waals surface area contributed by atoms with Crippen LogP contribution in [0.5, 0.6) is 0 Å². The van der Waals surface area contributed by atoms with Crippen LogP contribution in [-0.4, -0.2) is 26.9 Å². The van der Waals surface area contributed by atoms with Gasteiger partial charge in [-0.05, 0) is 54.8 Å². The summed E-state index contributed by atoms with van der Waals surface area (Å²) >= 11 is 1.69. The molecule has 1 aromatic carbocycles. The highest BCUT2D eigenvalue weighted by Gasteiger charge is 2.27. The van der Waals surface area contributed by atoms with E-state index in [1.54, 1.807) is 35.6 Å². The molecule has 1 amide bonds. The molecule has 0 unspecified atom stereocenters. The Kier molecular flexibility index (Phi) is 5.88.